The fourth-order valence-electron chi connectivity index (χ4n) is 3.07. The maximum atomic E-state index is 12.5. The van der Waals surface area contributed by atoms with E-state index in [9.17, 15) is 14.4 Å². The lowest BCUT2D eigenvalue weighted by Crippen LogP contribution is -2.21. The molecule has 0 saturated carbocycles. The molecule has 9 heteroatoms. The predicted molar refractivity (Wildman–Crippen MR) is 115 cm³/mol. The molecule has 0 aliphatic carbocycles. The fourth-order valence-corrected chi connectivity index (χ4v) is 3.07. The maximum Gasteiger partial charge on any atom is 0.262 e. The Morgan fingerprint density at radius 2 is 1.90 bits per heavy atom. The molecule has 0 atom stereocenters. The molecule has 0 aliphatic rings. The Morgan fingerprint density at radius 1 is 1.13 bits per heavy atom. The number of carbonyl (C=O) groups excluding carboxylic acids is 2. The van der Waals surface area contributed by atoms with Gasteiger partial charge in [0.15, 0.2) is 18.0 Å². The van der Waals surface area contributed by atoms with Crippen molar-refractivity contribution in [3.63, 3.8) is 0 Å². The standard InChI is InChI=1S/C22H19N5O4/c1-2-19(28)14-7-9-15(10-8-14)31-12-20(29)26-17-5-3-4-6-18(17)27-21-16(11-25-27)22(30)24-13-23-21/h3-11,13H,2,12H2,1H3,(H,26,29)(H,23,24,30). The molecule has 9 nitrogen and oxygen atoms in total. The van der Waals surface area contributed by atoms with Crippen molar-refractivity contribution >= 4 is 28.4 Å². The predicted octanol–water partition coefficient (Wildman–Crippen LogP) is 2.72. The molecule has 0 saturated heterocycles. The minimum absolute atomic E-state index is 0.0449. The van der Waals surface area contributed by atoms with Crippen LogP contribution in [0.5, 0.6) is 5.75 Å². The van der Waals surface area contributed by atoms with Crippen LogP contribution < -0.4 is 15.6 Å². The number of amides is 1. The SMILES string of the molecule is CCC(=O)c1ccc(OCC(=O)Nc2ccccc2-n2ncc3c(=O)[nH]cnc32)cc1. The number of aromatic amines is 1. The van der Waals surface area contributed by atoms with Gasteiger partial charge in [-0.15, -0.1) is 0 Å². The molecular formula is C22H19N5O4. The molecule has 2 N–H and O–H groups in total. The number of aromatic nitrogens is 4. The summed E-state index contributed by atoms with van der Waals surface area (Å²) in [5.41, 5.74) is 1.74. The van der Waals surface area contributed by atoms with Crippen LogP contribution in [0.15, 0.2) is 65.8 Å². The zero-order chi connectivity index (χ0) is 21.8. The normalized spacial score (nSPS) is 10.7. The van der Waals surface area contributed by atoms with E-state index in [1.807, 2.05) is 0 Å². The van der Waals surface area contributed by atoms with Crippen LogP contribution in [0.2, 0.25) is 0 Å². The van der Waals surface area contributed by atoms with Crippen molar-refractivity contribution in [2.75, 3.05) is 11.9 Å². The van der Waals surface area contributed by atoms with Crippen LogP contribution in [0.25, 0.3) is 16.7 Å². The van der Waals surface area contributed by atoms with E-state index >= 15 is 0 Å². The van der Waals surface area contributed by atoms with E-state index < -0.39 is 0 Å². The Balaban J connectivity index is 1.49. The first-order valence-electron chi connectivity index (χ1n) is 9.63. The highest BCUT2D eigenvalue weighted by molar-refractivity contribution is 5.96. The Bertz CT molecular complexity index is 1310. The van der Waals surface area contributed by atoms with E-state index in [1.165, 1.54) is 17.2 Å². The summed E-state index contributed by atoms with van der Waals surface area (Å²) in [4.78, 5) is 42.8. The number of ketones is 1. The Morgan fingerprint density at radius 3 is 2.68 bits per heavy atom. The zero-order valence-corrected chi connectivity index (χ0v) is 16.7. The van der Waals surface area contributed by atoms with Crippen LogP contribution >= 0.6 is 0 Å². The summed E-state index contributed by atoms with van der Waals surface area (Å²) in [5.74, 6) is 0.157. The summed E-state index contributed by atoms with van der Waals surface area (Å²) in [6.45, 7) is 1.59. The van der Waals surface area contributed by atoms with Gasteiger partial charge in [0.2, 0.25) is 0 Å². The second-order valence-corrected chi connectivity index (χ2v) is 6.68. The third-order valence-electron chi connectivity index (χ3n) is 4.64. The monoisotopic (exact) mass is 417 g/mol. The van der Waals surface area contributed by atoms with Gasteiger partial charge < -0.3 is 15.0 Å². The third kappa shape index (κ3) is 4.20. The maximum absolute atomic E-state index is 12.5. The molecule has 2 aromatic carbocycles. The number of fused-ring (bicyclic) bond motifs is 1. The van der Waals surface area contributed by atoms with Crippen molar-refractivity contribution in [1.82, 2.24) is 19.7 Å². The highest BCUT2D eigenvalue weighted by atomic mass is 16.5. The first kappa shape index (κ1) is 20.0. The van der Waals surface area contributed by atoms with Crippen molar-refractivity contribution in [2.24, 2.45) is 0 Å². The van der Waals surface area contributed by atoms with Crippen LogP contribution in [0.4, 0.5) is 5.69 Å². The zero-order valence-electron chi connectivity index (χ0n) is 16.7. The van der Waals surface area contributed by atoms with Gasteiger partial charge in [0.1, 0.15) is 11.1 Å². The largest absolute Gasteiger partial charge is 0.484 e. The highest BCUT2D eigenvalue weighted by Crippen LogP contribution is 2.22. The summed E-state index contributed by atoms with van der Waals surface area (Å²) in [7, 11) is 0. The van der Waals surface area contributed by atoms with Crippen molar-refractivity contribution in [3.8, 4) is 11.4 Å². The lowest BCUT2D eigenvalue weighted by atomic mass is 10.1. The van der Waals surface area contributed by atoms with E-state index in [0.29, 0.717) is 40.1 Å². The molecule has 0 bridgehead atoms. The highest BCUT2D eigenvalue weighted by Gasteiger charge is 2.14. The summed E-state index contributed by atoms with van der Waals surface area (Å²) in [6.07, 6.45) is 3.16. The van der Waals surface area contributed by atoms with E-state index in [4.69, 9.17) is 4.74 Å². The first-order chi connectivity index (χ1) is 15.1. The molecule has 2 heterocycles. The minimum Gasteiger partial charge on any atom is -0.484 e. The summed E-state index contributed by atoms with van der Waals surface area (Å²) < 4.78 is 7.01. The topological polar surface area (TPSA) is 119 Å². The quantitative estimate of drug-likeness (QED) is 0.446. The van der Waals surface area contributed by atoms with Gasteiger partial charge in [-0.25, -0.2) is 9.67 Å². The smallest absolute Gasteiger partial charge is 0.262 e. The Hall–Kier alpha value is -4.27. The molecule has 1 amide bonds. The molecule has 31 heavy (non-hydrogen) atoms. The number of Topliss-reactive ketones (excluding diaryl/α,β-unsaturated/α-hetero) is 1. The van der Waals surface area contributed by atoms with E-state index in [1.54, 1.807) is 55.5 Å². The summed E-state index contributed by atoms with van der Waals surface area (Å²) in [6, 6.07) is 13.7. The van der Waals surface area contributed by atoms with Crippen LogP contribution in [0, 0.1) is 0 Å². The number of H-pyrrole nitrogens is 1. The van der Waals surface area contributed by atoms with Crippen molar-refractivity contribution in [3.05, 3.63) is 77.0 Å². The molecule has 0 fully saturated rings. The average Bonchev–Trinajstić information content (AvgIpc) is 3.23. The summed E-state index contributed by atoms with van der Waals surface area (Å²) in [5, 5.41) is 7.38. The van der Waals surface area contributed by atoms with Gasteiger partial charge in [0, 0.05) is 12.0 Å². The molecule has 4 aromatic rings. The lowest BCUT2D eigenvalue weighted by Gasteiger charge is -2.12. The van der Waals surface area contributed by atoms with E-state index in [-0.39, 0.29) is 23.9 Å². The van der Waals surface area contributed by atoms with Crippen LogP contribution in [-0.2, 0) is 4.79 Å². The molecule has 0 aliphatic heterocycles. The molecule has 4 rings (SSSR count). The number of nitrogens with zero attached hydrogens (tertiary/aromatic N) is 3. The van der Waals surface area contributed by atoms with E-state index in [2.05, 4.69) is 20.4 Å². The second-order valence-electron chi connectivity index (χ2n) is 6.68. The summed E-state index contributed by atoms with van der Waals surface area (Å²) >= 11 is 0. The molecule has 0 radical (unpaired) electrons. The minimum atomic E-state index is -0.372. The van der Waals surface area contributed by atoms with Gasteiger partial charge in [-0.1, -0.05) is 19.1 Å². The van der Waals surface area contributed by atoms with Crippen LogP contribution in [0.3, 0.4) is 0 Å². The number of hydrogen-bond donors (Lipinski definition) is 2. The van der Waals surface area contributed by atoms with Gasteiger partial charge in [0.05, 0.1) is 23.9 Å². The van der Waals surface area contributed by atoms with Crippen molar-refractivity contribution < 1.29 is 14.3 Å². The van der Waals surface area contributed by atoms with Gasteiger partial charge >= 0.3 is 0 Å². The average molecular weight is 417 g/mol. The Labute approximate surface area is 176 Å². The lowest BCUT2D eigenvalue weighted by molar-refractivity contribution is -0.118. The number of anilines is 1. The van der Waals surface area contributed by atoms with Crippen LogP contribution in [-0.4, -0.2) is 38.0 Å². The third-order valence-corrected chi connectivity index (χ3v) is 4.64. The molecule has 2 aromatic heterocycles. The van der Waals surface area contributed by atoms with Crippen LogP contribution in [0.1, 0.15) is 23.7 Å². The second kappa shape index (κ2) is 8.62. The number of benzene rings is 2. The number of ether oxygens (including phenoxy) is 1. The molecule has 156 valence electrons. The van der Waals surface area contributed by atoms with Gasteiger partial charge in [-0.05, 0) is 36.4 Å². The molecule has 0 unspecified atom stereocenters. The van der Waals surface area contributed by atoms with Gasteiger partial charge in [-0.3, -0.25) is 14.4 Å². The van der Waals surface area contributed by atoms with Gasteiger partial charge in [0.25, 0.3) is 11.5 Å². The Kier molecular flexibility index (Phi) is 5.57. The van der Waals surface area contributed by atoms with E-state index in [0.717, 1.165) is 0 Å². The molecular weight excluding hydrogens is 398 g/mol. The number of para-hydroxylation sites is 2. The van der Waals surface area contributed by atoms with Crippen molar-refractivity contribution in [1.29, 1.82) is 0 Å². The molecule has 0 spiro atoms. The number of hydrogen-bond acceptors (Lipinski definition) is 6. The van der Waals surface area contributed by atoms with Gasteiger partial charge in [-0.2, -0.15) is 5.10 Å². The van der Waals surface area contributed by atoms with Crippen molar-refractivity contribution in [2.45, 2.75) is 13.3 Å². The number of rotatable bonds is 7. The first-order valence-corrected chi connectivity index (χ1v) is 9.63. The number of carbonyl (C=O) groups is 2. The fraction of sp³-hybridized carbons (Fsp3) is 0.136. The number of nitrogens with one attached hydrogen (secondary N) is 2.